The average molecular weight is 236 g/mol. The third-order valence-electron chi connectivity index (χ3n) is 1.65. The first-order chi connectivity index (χ1) is 7.63. The molecule has 0 bridgehead atoms. The van der Waals surface area contributed by atoms with Gasteiger partial charge in [-0.1, -0.05) is 18.2 Å². The molecule has 16 heavy (non-hydrogen) atoms. The van der Waals surface area contributed by atoms with Crippen molar-refractivity contribution in [3.8, 4) is 0 Å². The molecule has 5 heteroatoms. The fourth-order valence-corrected chi connectivity index (χ4v) is 1.65. The number of hydrogen-bond acceptors (Lipinski definition) is 4. The first-order valence-corrected chi connectivity index (χ1v) is 5.58. The molecule has 84 valence electrons. The van der Waals surface area contributed by atoms with E-state index in [-0.39, 0.29) is 11.7 Å². The Labute approximate surface area is 97.7 Å². The van der Waals surface area contributed by atoms with E-state index in [1.165, 1.54) is 24.3 Å². The molecule has 1 heterocycles. The average Bonchev–Trinajstić information content (AvgIpc) is 2.66. The van der Waals surface area contributed by atoms with Crippen LogP contribution in [0, 0.1) is 0 Å². The number of thiazole rings is 1. The predicted octanol–water partition coefficient (Wildman–Crippen LogP) is 2.42. The van der Waals surface area contributed by atoms with E-state index in [1.54, 1.807) is 17.5 Å². The lowest BCUT2D eigenvalue weighted by Crippen LogP contribution is -2.07. The number of Topliss-reactive ketones (excluding diaryl/α,β-unsaturated/α-hetero) is 1. The SMILES string of the molecule is CC=CC=CC(=O)Nc1nc(C(C)=O)cs1. The molecule has 0 aliphatic heterocycles. The summed E-state index contributed by atoms with van der Waals surface area (Å²) in [7, 11) is 0. The highest BCUT2D eigenvalue weighted by Gasteiger charge is 2.06. The van der Waals surface area contributed by atoms with E-state index in [1.807, 2.05) is 13.0 Å². The van der Waals surface area contributed by atoms with Crippen molar-refractivity contribution < 1.29 is 9.59 Å². The highest BCUT2D eigenvalue weighted by Crippen LogP contribution is 2.15. The van der Waals surface area contributed by atoms with Crippen molar-refractivity contribution >= 4 is 28.2 Å². The number of anilines is 1. The Morgan fingerprint density at radius 1 is 1.44 bits per heavy atom. The van der Waals surface area contributed by atoms with Gasteiger partial charge < -0.3 is 0 Å². The van der Waals surface area contributed by atoms with Crippen LogP contribution in [0.15, 0.2) is 29.7 Å². The minimum atomic E-state index is -0.262. The van der Waals surface area contributed by atoms with Gasteiger partial charge in [-0.15, -0.1) is 11.3 Å². The summed E-state index contributed by atoms with van der Waals surface area (Å²) in [5, 5.41) is 4.62. The van der Waals surface area contributed by atoms with Crippen molar-refractivity contribution in [1.82, 2.24) is 4.98 Å². The number of aromatic nitrogens is 1. The molecule has 0 aliphatic carbocycles. The van der Waals surface area contributed by atoms with Gasteiger partial charge in [0.2, 0.25) is 5.91 Å². The number of nitrogens with zero attached hydrogens (tertiary/aromatic N) is 1. The molecule has 0 aromatic carbocycles. The van der Waals surface area contributed by atoms with Gasteiger partial charge in [-0.2, -0.15) is 0 Å². The maximum absolute atomic E-state index is 11.3. The lowest BCUT2D eigenvalue weighted by molar-refractivity contribution is -0.111. The Kier molecular flexibility index (Phi) is 4.60. The molecule has 0 saturated heterocycles. The smallest absolute Gasteiger partial charge is 0.250 e. The van der Waals surface area contributed by atoms with Crippen molar-refractivity contribution in [2.24, 2.45) is 0 Å². The van der Waals surface area contributed by atoms with E-state index >= 15 is 0 Å². The molecule has 1 N–H and O–H groups in total. The topological polar surface area (TPSA) is 59.1 Å². The minimum absolute atomic E-state index is 0.110. The van der Waals surface area contributed by atoms with Gasteiger partial charge in [0.25, 0.3) is 0 Å². The van der Waals surface area contributed by atoms with Crippen LogP contribution < -0.4 is 5.32 Å². The summed E-state index contributed by atoms with van der Waals surface area (Å²) in [6.45, 7) is 3.30. The third-order valence-corrected chi connectivity index (χ3v) is 2.40. The van der Waals surface area contributed by atoms with Crippen LogP contribution in [0.2, 0.25) is 0 Å². The van der Waals surface area contributed by atoms with Gasteiger partial charge in [0.15, 0.2) is 10.9 Å². The summed E-state index contributed by atoms with van der Waals surface area (Å²) in [5.41, 5.74) is 0.373. The Balaban J connectivity index is 2.59. The normalized spacial score (nSPS) is 11.1. The monoisotopic (exact) mass is 236 g/mol. The molecule has 1 rings (SSSR count). The molecule has 0 fully saturated rings. The van der Waals surface area contributed by atoms with Crippen molar-refractivity contribution in [2.75, 3.05) is 5.32 Å². The summed E-state index contributed by atoms with van der Waals surface area (Å²) in [6.07, 6.45) is 6.60. The Bertz CT molecular complexity index is 447. The standard InChI is InChI=1S/C11H12N2O2S/c1-3-4-5-6-10(15)13-11-12-9(7-16-11)8(2)14/h3-7H,1-2H3,(H,12,13,15). The highest BCUT2D eigenvalue weighted by molar-refractivity contribution is 7.14. The van der Waals surface area contributed by atoms with Crippen molar-refractivity contribution in [3.05, 3.63) is 35.4 Å². The Morgan fingerprint density at radius 2 is 2.19 bits per heavy atom. The maximum Gasteiger partial charge on any atom is 0.250 e. The third kappa shape index (κ3) is 3.78. The Morgan fingerprint density at radius 3 is 2.75 bits per heavy atom. The van der Waals surface area contributed by atoms with Crippen LogP contribution in [0.4, 0.5) is 5.13 Å². The van der Waals surface area contributed by atoms with E-state index in [4.69, 9.17) is 0 Å². The van der Waals surface area contributed by atoms with Gasteiger partial charge >= 0.3 is 0 Å². The van der Waals surface area contributed by atoms with Crippen molar-refractivity contribution in [1.29, 1.82) is 0 Å². The van der Waals surface area contributed by atoms with Crippen LogP contribution in [-0.2, 0) is 4.79 Å². The van der Waals surface area contributed by atoms with Gasteiger partial charge in [-0.25, -0.2) is 4.98 Å². The van der Waals surface area contributed by atoms with Crippen LogP contribution in [0.25, 0.3) is 0 Å². The van der Waals surface area contributed by atoms with Crippen LogP contribution in [0.1, 0.15) is 24.3 Å². The minimum Gasteiger partial charge on any atom is -0.298 e. The van der Waals surface area contributed by atoms with E-state index in [0.717, 1.165) is 0 Å². The molecule has 1 amide bonds. The van der Waals surface area contributed by atoms with Crippen LogP contribution >= 0.6 is 11.3 Å². The van der Waals surface area contributed by atoms with E-state index in [0.29, 0.717) is 10.8 Å². The van der Waals surface area contributed by atoms with Crippen molar-refractivity contribution in [3.63, 3.8) is 0 Å². The zero-order valence-electron chi connectivity index (χ0n) is 9.06. The maximum atomic E-state index is 11.3. The van der Waals surface area contributed by atoms with Gasteiger partial charge in [0.05, 0.1) is 0 Å². The summed E-state index contributed by atoms with van der Waals surface area (Å²) in [5.74, 6) is -0.372. The largest absolute Gasteiger partial charge is 0.298 e. The second kappa shape index (κ2) is 5.97. The van der Waals surface area contributed by atoms with E-state index in [2.05, 4.69) is 10.3 Å². The van der Waals surface area contributed by atoms with Gasteiger partial charge in [-0.3, -0.25) is 14.9 Å². The lowest BCUT2D eigenvalue weighted by Gasteiger charge is -1.94. The van der Waals surface area contributed by atoms with Crippen LogP contribution in [0.5, 0.6) is 0 Å². The van der Waals surface area contributed by atoms with Gasteiger partial charge in [0, 0.05) is 18.4 Å². The molecule has 0 unspecified atom stereocenters. The zero-order valence-corrected chi connectivity index (χ0v) is 9.88. The molecule has 4 nitrogen and oxygen atoms in total. The summed E-state index contributed by atoms with van der Waals surface area (Å²) in [6, 6.07) is 0. The number of nitrogens with one attached hydrogen (secondary N) is 1. The number of allylic oxidation sites excluding steroid dienone is 3. The lowest BCUT2D eigenvalue weighted by atomic mass is 10.4. The first-order valence-electron chi connectivity index (χ1n) is 4.70. The second-order valence-corrected chi connectivity index (χ2v) is 3.83. The molecule has 0 spiro atoms. The molecule has 0 atom stereocenters. The summed E-state index contributed by atoms with van der Waals surface area (Å²) < 4.78 is 0. The number of ketones is 1. The molecule has 0 radical (unpaired) electrons. The van der Waals surface area contributed by atoms with E-state index < -0.39 is 0 Å². The molecular weight excluding hydrogens is 224 g/mol. The van der Waals surface area contributed by atoms with Gasteiger partial charge in [0.1, 0.15) is 5.69 Å². The number of carbonyl (C=O) groups excluding carboxylic acids is 2. The second-order valence-electron chi connectivity index (χ2n) is 2.97. The molecule has 1 aromatic heterocycles. The quantitative estimate of drug-likeness (QED) is 0.496. The number of hydrogen-bond donors (Lipinski definition) is 1. The first kappa shape index (κ1) is 12.3. The van der Waals surface area contributed by atoms with Crippen LogP contribution in [0.3, 0.4) is 0 Å². The summed E-state index contributed by atoms with van der Waals surface area (Å²) >= 11 is 1.23. The van der Waals surface area contributed by atoms with Crippen molar-refractivity contribution in [2.45, 2.75) is 13.8 Å². The molecular formula is C11H12N2O2S. The predicted molar refractivity (Wildman–Crippen MR) is 64.7 cm³/mol. The fraction of sp³-hybridized carbons (Fsp3) is 0.182. The fourth-order valence-electron chi connectivity index (χ4n) is 0.894. The van der Waals surface area contributed by atoms with Gasteiger partial charge in [-0.05, 0) is 6.92 Å². The Hall–Kier alpha value is -1.75. The van der Waals surface area contributed by atoms with Crippen LogP contribution in [-0.4, -0.2) is 16.7 Å². The number of rotatable bonds is 4. The molecule has 0 saturated carbocycles. The number of carbonyl (C=O) groups is 2. The number of amides is 1. The summed E-state index contributed by atoms with van der Waals surface area (Å²) in [4.78, 5) is 26.2. The zero-order chi connectivity index (χ0) is 12.0. The van der Waals surface area contributed by atoms with E-state index in [9.17, 15) is 9.59 Å². The molecule has 1 aromatic rings. The molecule has 0 aliphatic rings. The highest BCUT2D eigenvalue weighted by atomic mass is 32.1.